The Bertz CT molecular complexity index is 892. The summed E-state index contributed by atoms with van der Waals surface area (Å²) in [5.74, 6) is -0.128. The number of thiophene rings is 1. The fourth-order valence-electron chi connectivity index (χ4n) is 3.05. The first-order chi connectivity index (χ1) is 11.7. The van der Waals surface area contributed by atoms with Crippen LogP contribution in [0, 0.1) is 0 Å². The van der Waals surface area contributed by atoms with E-state index in [4.69, 9.17) is 5.73 Å². The van der Waals surface area contributed by atoms with Crippen LogP contribution in [-0.2, 0) is 6.42 Å². The van der Waals surface area contributed by atoms with Crippen LogP contribution in [0.2, 0.25) is 0 Å². The lowest BCUT2D eigenvalue weighted by atomic mass is 10.1. The Kier molecular flexibility index (Phi) is 3.74. The van der Waals surface area contributed by atoms with E-state index in [2.05, 4.69) is 27.4 Å². The van der Waals surface area contributed by atoms with Crippen molar-refractivity contribution in [3.05, 3.63) is 64.1 Å². The number of nitrogen functional groups attached to an aromatic ring is 1. The lowest BCUT2D eigenvalue weighted by Crippen LogP contribution is -2.29. The summed E-state index contributed by atoms with van der Waals surface area (Å²) in [6, 6.07) is 10.1. The summed E-state index contributed by atoms with van der Waals surface area (Å²) >= 11 is 1.57. The molecule has 5 nitrogen and oxygen atoms in total. The second-order valence-corrected chi connectivity index (χ2v) is 6.54. The molecule has 0 bridgehead atoms. The van der Waals surface area contributed by atoms with Crippen LogP contribution in [0.25, 0.3) is 11.3 Å². The lowest BCUT2D eigenvalue weighted by Gasteiger charge is -2.14. The third kappa shape index (κ3) is 2.65. The molecule has 1 aliphatic carbocycles. The van der Waals surface area contributed by atoms with E-state index in [1.54, 1.807) is 17.5 Å². The molecular formula is C18H16N4OS. The van der Waals surface area contributed by atoms with E-state index in [9.17, 15) is 4.79 Å². The van der Waals surface area contributed by atoms with Gasteiger partial charge in [-0.3, -0.25) is 4.79 Å². The molecule has 0 saturated carbocycles. The van der Waals surface area contributed by atoms with Gasteiger partial charge in [-0.15, -0.1) is 0 Å². The van der Waals surface area contributed by atoms with E-state index in [1.807, 2.05) is 29.0 Å². The molecule has 0 aliphatic heterocycles. The van der Waals surface area contributed by atoms with Crippen molar-refractivity contribution in [3.63, 3.8) is 0 Å². The molecular weight excluding hydrogens is 320 g/mol. The highest BCUT2D eigenvalue weighted by atomic mass is 32.1. The summed E-state index contributed by atoms with van der Waals surface area (Å²) in [6.45, 7) is 0. The highest BCUT2D eigenvalue weighted by molar-refractivity contribution is 7.08. The number of hydrogen-bond donors (Lipinski definition) is 2. The molecule has 1 amide bonds. The van der Waals surface area contributed by atoms with E-state index < -0.39 is 0 Å². The number of aromatic nitrogens is 2. The molecule has 3 aromatic rings. The summed E-state index contributed by atoms with van der Waals surface area (Å²) in [6.07, 6.45) is 3.46. The molecule has 2 heterocycles. The second kappa shape index (κ2) is 6.05. The number of nitrogens with zero attached hydrogens (tertiary/aromatic N) is 2. The Balaban J connectivity index is 1.60. The first kappa shape index (κ1) is 14.8. The standard InChI is InChI=1S/C18H16N4OS/c19-17-16(21-15(9-20-17)12-7-8-24-10-12)18(23)22-14-6-5-11-3-1-2-4-13(11)14/h1-4,7-10,14H,5-6H2,(H2,19,20)(H,22,23)/t14-/m0/s1. The number of carbonyl (C=O) groups excluding carboxylic acids is 1. The largest absolute Gasteiger partial charge is 0.382 e. The van der Waals surface area contributed by atoms with Gasteiger partial charge in [0.15, 0.2) is 11.5 Å². The first-order valence-electron chi connectivity index (χ1n) is 7.76. The van der Waals surface area contributed by atoms with Gasteiger partial charge < -0.3 is 11.1 Å². The van der Waals surface area contributed by atoms with Gasteiger partial charge in [-0.2, -0.15) is 11.3 Å². The normalized spacial score (nSPS) is 15.9. The molecule has 0 saturated heterocycles. The Labute approximate surface area is 143 Å². The van der Waals surface area contributed by atoms with Crippen molar-refractivity contribution in [1.82, 2.24) is 15.3 Å². The fourth-order valence-corrected chi connectivity index (χ4v) is 3.70. The van der Waals surface area contributed by atoms with Gasteiger partial charge in [0.2, 0.25) is 0 Å². The van der Waals surface area contributed by atoms with E-state index in [-0.39, 0.29) is 23.5 Å². The van der Waals surface area contributed by atoms with Gasteiger partial charge >= 0.3 is 0 Å². The number of nitrogens with one attached hydrogen (secondary N) is 1. The van der Waals surface area contributed by atoms with Crippen LogP contribution in [-0.4, -0.2) is 15.9 Å². The maximum Gasteiger partial charge on any atom is 0.274 e. The van der Waals surface area contributed by atoms with Gasteiger partial charge in [0, 0.05) is 10.9 Å². The minimum atomic E-state index is -0.279. The van der Waals surface area contributed by atoms with Crippen LogP contribution >= 0.6 is 11.3 Å². The minimum Gasteiger partial charge on any atom is -0.382 e. The monoisotopic (exact) mass is 336 g/mol. The minimum absolute atomic E-state index is 0.000274. The van der Waals surface area contributed by atoms with Crippen molar-refractivity contribution in [2.75, 3.05) is 5.73 Å². The first-order valence-corrected chi connectivity index (χ1v) is 8.70. The molecule has 1 aliphatic rings. The zero-order valence-electron chi connectivity index (χ0n) is 12.9. The SMILES string of the molecule is Nc1ncc(-c2ccsc2)nc1C(=O)N[C@H]1CCc2ccccc21. The van der Waals surface area contributed by atoms with Crippen LogP contribution in [0.4, 0.5) is 5.82 Å². The van der Waals surface area contributed by atoms with Gasteiger partial charge in [-0.1, -0.05) is 24.3 Å². The summed E-state index contributed by atoms with van der Waals surface area (Å²) in [5, 5.41) is 6.97. The lowest BCUT2D eigenvalue weighted by molar-refractivity contribution is 0.0932. The van der Waals surface area contributed by atoms with Gasteiger partial charge in [0.1, 0.15) is 0 Å². The molecule has 6 heteroatoms. The Morgan fingerprint density at radius 2 is 2.17 bits per heavy atom. The van der Waals surface area contributed by atoms with Crippen molar-refractivity contribution in [1.29, 1.82) is 0 Å². The maximum absolute atomic E-state index is 12.7. The molecule has 2 aromatic heterocycles. The molecule has 0 radical (unpaired) electrons. The van der Waals surface area contributed by atoms with Gasteiger partial charge in [-0.25, -0.2) is 9.97 Å². The summed E-state index contributed by atoms with van der Waals surface area (Å²) in [4.78, 5) is 21.2. The number of carbonyl (C=O) groups is 1. The number of hydrogen-bond acceptors (Lipinski definition) is 5. The van der Waals surface area contributed by atoms with Crippen molar-refractivity contribution in [2.45, 2.75) is 18.9 Å². The van der Waals surface area contributed by atoms with E-state index in [0.29, 0.717) is 5.69 Å². The molecule has 1 atom stereocenters. The molecule has 0 spiro atoms. The predicted molar refractivity (Wildman–Crippen MR) is 94.7 cm³/mol. The third-order valence-corrected chi connectivity index (χ3v) is 4.95. The number of aryl methyl sites for hydroxylation is 1. The average molecular weight is 336 g/mol. The molecule has 0 unspecified atom stereocenters. The number of nitrogens with two attached hydrogens (primary N) is 1. The van der Waals surface area contributed by atoms with Crippen LogP contribution in [0.5, 0.6) is 0 Å². The Morgan fingerprint density at radius 1 is 1.29 bits per heavy atom. The second-order valence-electron chi connectivity index (χ2n) is 5.76. The zero-order chi connectivity index (χ0) is 16.5. The van der Waals surface area contributed by atoms with Gasteiger partial charge in [-0.05, 0) is 35.4 Å². The van der Waals surface area contributed by atoms with Crippen LogP contribution in [0.15, 0.2) is 47.3 Å². The smallest absolute Gasteiger partial charge is 0.274 e. The number of fused-ring (bicyclic) bond motifs is 1. The topological polar surface area (TPSA) is 80.9 Å². The Morgan fingerprint density at radius 3 is 3.00 bits per heavy atom. The van der Waals surface area contributed by atoms with E-state index in [1.165, 1.54) is 11.1 Å². The predicted octanol–water partition coefficient (Wildman–Crippen LogP) is 3.20. The molecule has 1 aromatic carbocycles. The number of anilines is 1. The molecule has 24 heavy (non-hydrogen) atoms. The molecule has 4 rings (SSSR count). The average Bonchev–Trinajstić information content (AvgIpc) is 3.26. The molecule has 3 N–H and O–H groups in total. The van der Waals surface area contributed by atoms with Gasteiger partial charge in [0.05, 0.1) is 17.9 Å². The summed E-state index contributed by atoms with van der Waals surface area (Å²) < 4.78 is 0. The quantitative estimate of drug-likeness (QED) is 0.769. The van der Waals surface area contributed by atoms with Gasteiger partial charge in [0.25, 0.3) is 5.91 Å². The van der Waals surface area contributed by atoms with Crippen molar-refractivity contribution < 1.29 is 4.79 Å². The zero-order valence-corrected chi connectivity index (χ0v) is 13.7. The third-order valence-electron chi connectivity index (χ3n) is 4.27. The Hall–Kier alpha value is -2.73. The summed E-state index contributed by atoms with van der Waals surface area (Å²) in [5.41, 5.74) is 10.1. The molecule has 120 valence electrons. The van der Waals surface area contributed by atoms with Crippen molar-refractivity contribution >= 4 is 23.1 Å². The van der Waals surface area contributed by atoms with E-state index >= 15 is 0 Å². The summed E-state index contributed by atoms with van der Waals surface area (Å²) in [7, 11) is 0. The van der Waals surface area contributed by atoms with Crippen molar-refractivity contribution in [3.8, 4) is 11.3 Å². The van der Waals surface area contributed by atoms with Crippen molar-refractivity contribution in [2.24, 2.45) is 0 Å². The number of benzene rings is 1. The highest BCUT2D eigenvalue weighted by Gasteiger charge is 2.25. The number of rotatable bonds is 3. The maximum atomic E-state index is 12.7. The number of amides is 1. The van der Waals surface area contributed by atoms with E-state index in [0.717, 1.165) is 18.4 Å². The van der Waals surface area contributed by atoms with Crippen LogP contribution < -0.4 is 11.1 Å². The molecule has 0 fully saturated rings. The highest BCUT2D eigenvalue weighted by Crippen LogP contribution is 2.31. The van der Waals surface area contributed by atoms with Crippen LogP contribution in [0.1, 0.15) is 34.1 Å². The fraction of sp³-hybridized carbons (Fsp3) is 0.167. The van der Waals surface area contributed by atoms with Crippen LogP contribution in [0.3, 0.4) is 0 Å².